The van der Waals surface area contributed by atoms with E-state index < -0.39 is 0 Å². The van der Waals surface area contributed by atoms with Crippen molar-refractivity contribution in [2.24, 2.45) is 0 Å². The van der Waals surface area contributed by atoms with Gasteiger partial charge in [-0.3, -0.25) is 0 Å². The van der Waals surface area contributed by atoms with E-state index >= 15 is 0 Å². The van der Waals surface area contributed by atoms with Crippen molar-refractivity contribution >= 4 is 11.4 Å². The van der Waals surface area contributed by atoms with Crippen molar-refractivity contribution in [3.8, 4) is 11.5 Å². The minimum Gasteiger partial charge on any atom is -0.457 e. The van der Waals surface area contributed by atoms with Crippen LogP contribution in [0.4, 0.5) is 11.4 Å². The van der Waals surface area contributed by atoms with Crippen molar-refractivity contribution in [1.82, 2.24) is 0 Å². The Balaban J connectivity index is 1.55. The summed E-state index contributed by atoms with van der Waals surface area (Å²) in [7, 11) is 0. The normalized spacial score (nSPS) is 11.9. The molecular formula is C30H32N2O. The summed E-state index contributed by atoms with van der Waals surface area (Å²) in [6.07, 6.45) is 0. The van der Waals surface area contributed by atoms with Crippen LogP contribution in [0.3, 0.4) is 0 Å². The van der Waals surface area contributed by atoms with Crippen LogP contribution in [0, 0.1) is 0 Å². The quantitative estimate of drug-likeness (QED) is 0.312. The topological polar surface area (TPSA) is 61.3 Å². The van der Waals surface area contributed by atoms with Crippen molar-refractivity contribution < 1.29 is 4.74 Å². The van der Waals surface area contributed by atoms with Gasteiger partial charge in [-0.1, -0.05) is 76.2 Å². The first kappa shape index (κ1) is 22.5. The molecule has 4 aromatic carbocycles. The first-order chi connectivity index (χ1) is 15.7. The summed E-state index contributed by atoms with van der Waals surface area (Å²) in [4.78, 5) is 0. The van der Waals surface area contributed by atoms with E-state index in [-0.39, 0.29) is 10.8 Å². The molecule has 0 saturated heterocycles. The largest absolute Gasteiger partial charge is 0.457 e. The number of benzene rings is 4. The van der Waals surface area contributed by atoms with Crippen LogP contribution in [-0.2, 0) is 10.8 Å². The molecule has 0 unspecified atom stereocenters. The molecule has 0 spiro atoms. The molecule has 0 atom stereocenters. The lowest BCUT2D eigenvalue weighted by atomic mass is 9.78. The third-order valence-corrected chi connectivity index (χ3v) is 6.61. The van der Waals surface area contributed by atoms with E-state index in [4.69, 9.17) is 16.2 Å². The standard InChI is InChI=1S/C30H32N2O/c1-29(2,21-11-15-25(31)16-12-21)22-13-17-27(18-14-22)33-28-10-6-8-24(20-28)30(3,4)23-7-5-9-26(32)19-23/h5-20H,31-32H2,1-4H3. The molecule has 3 heteroatoms. The predicted molar refractivity (Wildman–Crippen MR) is 139 cm³/mol. The molecule has 3 nitrogen and oxygen atoms in total. The van der Waals surface area contributed by atoms with Gasteiger partial charge in [-0.15, -0.1) is 0 Å². The van der Waals surface area contributed by atoms with Gasteiger partial charge >= 0.3 is 0 Å². The zero-order valence-electron chi connectivity index (χ0n) is 19.8. The van der Waals surface area contributed by atoms with Gasteiger partial charge in [0.15, 0.2) is 0 Å². The fourth-order valence-corrected chi connectivity index (χ4v) is 4.18. The first-order valence-electron chi connectivity index (χ1n) is 11.3. The maximum atomic E-state index is 6.22. The molecule has 0 amide bonds. The molecule has 4 rings (SSSR count). The first-order valence-corrected chi connectivity index (χ1v) is 11.3. The number of ether oxygens (including phenoxy) is 1. The summed E-state index contributed by atoms with van der Waals surface area (Å²) in [5.41, 5.74) is 17.9. The van der Waals surface area contributed by atoms with Crippen LogP contribution >= 0.6 is 0 Å². The van der Waals surface area contributed by atoms with E-state index in [1.165, 1.54) is 22.3 Å². The molecule has 0 bridgehead atoms. The Labute approximate surface area is 197 Å². The molecule has 4 aromatic rings. The second kappa shape index (κ2) is 8.67. The lowest BCUT2D eigenvalue weighted by Crippen LogP contribution is -2.19. The molecule has 33 heavy (non-hydrogen) atoms. The molecular weight excluding hydrogens is 404 g/mol. The van der Waals surface area contributed by atoms with Gasteiger partial charge in [-0.25, -0.2) is 0 Å². The molecule has 0 heterocycles. The van der Waals surface area contributed by atoms with Gasteiger partial charge in [0.05, 0.1) is 0 Å². The summed E-state index contributed by atoms with van der Waals surface area (Å²) in [6.45, 7) is 8.84. The lowest BCUT2D eigenvalue weighted by molar-refractivity contribution is 0.479. The molecule has 0 saturated carbocycles. The van der Waals surface area contributed by atoms with E-state index in [9.17, 15) is 0 Å². The van der Waals surface area contributed by atoms with Crippen molar-refractivity contribution in [3.05, 3.63) is 119 Å². The van der Waals surface area contributed by atoms with Crippen LogP contribution in [0.25, 0.3) is 0 Å². The fourth-order valence-electron chi connectivity index (χ4n) is 4.18. The molecule has 0 fully saturated rings. The smallest absolute Gasteiger partial charge is 0.127 e. The van der Waals surface area contributed by atoms with Gasteiger partial charge < -0.3 is 16.2 Å². The average molecular weight is 437 g/mol. The van der Waals surface area contributed by atoms with Gasteiger partial charge in [0.25, 0.3) is 0 Å². The minimum atomic E-state index is -0.193. The number of nitrogen functional groups attached to an aromatic ring is 2. The number of hydrogen-bond acceptors (Lipinski definition) is 3. The Bertz CT molecular complexity index is 1240. The van der Waals surface area contributed by atoms with E-state index in [1.54, 1.807) is 0 Å². The van der Waals surface area contributed by atoms with Gasteiger partial charge in [-0.2, -0.15) is 0 Å². The maximum absolute atomic E-state index is 6.22. The Kier molecular flexibility index (Phi) is 5.90. The second-order valence-corrected chi connectivity index (χ2v) is 9.65. The highest BCUT2D eigenvalue weighted by atomic mass is 16.5. The van der Waals surface area contributed by atoms with Crippen LogP contribution in [-0.4, -0.2) is 0 Å². The van der Waals surface area contributed by atoms with E-state index in [1.807, 2.05) is 54.6 Å². The van der Waals surface area contributed by atoms with Crippen LogP contribution in [0.1, 0.15) is 49.9 Å². The summed E-state index contributed by atoms with van der Waals surface area (Å²) >= 11 is 0. The highest BCUT2D eigenvalue weighted by Gasteiger charge is 2.24. The lowest BCUT2D eigenvalue weighted by Gasteiger charge is -2.27. The zero-order chi connectivity index (χ0) is 23.6. The molecule has 0 radical (unpaired) electrons. The monoisotopic (exact) mass is 436 g/mol. The Hall–Kier alpha value is -3.72. The number of anilines is 2. The van der Waals surface area contributed by atoms with Crippen LogP contribution < -0.4 is 16.2 Å². The number of hydrogen-bond donors (Lipinski definition) is 2. The zero-order valence-corrected chi connectivity index (χ0v) is 19.8. The van der Waals surface area contributed by atoms with Crippen LogP contribution in [0.2, 0.25) is 0 Å². The SMILES string of the molecule is CC(C)(c1ccc(N)cc1)c1ccc(Oc2cccc(C(C)(C)c3cccc(N)c3)c2)cc1. The number of rotatable bonds is 6. The number of nitrogens with two attached hydrogens (primary N) is 2. The minimum absolute atomic E-state index is 0.131. The Morgan fingerprint density at radius 2 is 1.00 bits per heavy atom. The van der Waals surface area contributed by atoms with Crippen molar-refractivity contribution in [3.63, 3.8) is 0 Å². The second-order valence-electron chi connectivity index (χ2n) is 9.65. The van der Waals surface area contributed by atoms with E-state index in [2.05, 4.69) is 70.2 Å². The van der Waals surface area contributed by atoms with E-state index in [0.717, 1.165) is 22.9 Å². The molecule has 0 aromatic heterocycles. The van der Waals surface area contributed by atoms with Gasteiger partial charge in [0.1, 0.15) is 11.5 Å². The average Bonchev–Trinajstić information content (AvgIpc) is 2.80. The van der Waals surface area contributed by atoms with Gasteiger partial charge in [0, 0.05) is 22.2 Å². The van der Waals surface area contributed by atoms with Crippen molar-refractivity contribution in [2.75, 3.05) is 11.5 Å². The van der Waals surface area contributed by atoms with Crippen LogP contribution in [0.15, 0.2) is 97.1 Å². The van der Waals surface area contributed by atoms with E-state index in [0.29, 0.717) is 0 Å². The highest BCUT2D eigenvalue weighted by Crippen LogP contribution is 2.36. The van der Waals surface area contributed by atoms with Crippen molar-refractivity contribution in [1.29, 1.82) is 0 Å². The van der Waals surface area contributed by atoms with Gasteiger partial charge in [0.2, 0.25) is 0 Å². The van der Waals surface area contributed by atoms with Gasteiger partial charge in [-0.05, 0) is 70.8 Å². The molecule has 4 N–H and O–H groups in total. The summed E-state index contributed by atoms with van der Waals surface area (Å²) in [5.74, 6) is 1.63. The third kappa shape index (κ3) is 4.73. The highest BCUT2D eigenvalue weighted by molar-refractivity contribution is 5.49. The maximum Gasteiger partial charge on any atom is 0.127 e. The fraction of sp³-hybridized carbons (Fsp3) is 0.200. The predicted octanol–water partition coefficient (Wildman–Crippen LogP) is 7.30. The Morgan fingerprint density at radius 3 is 1.61 bits per heavy atom. The van der Waals surface area contributed by atoms with Crippen molar-refractivity contribution in [2.45, 2.75) is 38.5 Å². The summed E-state index contributed by atoms with van der Waals surface area (Å²) in [6, 6.07) is 32.7. The van der Waals surface area contributed by atoms with Crippen LogP contribution in [0.5, 0.6) is 11.5 Å². The molecule has 0 aliphatic carbocycles. The third-order valence-electron chi connectivity index (χ3n) is 6.61. The Morgan fingerprint density at radius 1 is 0.485 bits per heavy atom. The molecule has 168 valence electrons. The molecule has 0 aliphatic heterocycles. The summed E-state index contributed by atoms with van der Waals surface area (Å²) in [5, 5.41) is 0. The summed E-state index contributed by atoms with van der Waals surface area (Å²) < 4.78 is 6.22. The molecule has 0 aliphatic rings.